The molecule has 5 heteroatoms. The zero-order chi connectivity index (χ0) is 17.6. The molecule has 3 atom stereocenters. The zero-order valence-corrected chi connectivity index (χ0v) is 14.8. The molecule has 0 aliphatic heterocycles. The van der Waals surface area contributed by atoms with E-state index in [0.29, 0.717) is 17.0 Å². The van der Waals surface area contributed by atoms with Crippen molar-refractivity contribution in [3.63, 3.8) is 0 Å². The van der Waals surface area contributed by atoms with Crippen molar-refractivity contribution in [2.45, 2.75) is 33.2 Å². The smallest absolute Gasteiger partial charge is 0.309 e. The molecule has 23 heavy (non-hydrogen) atoms. The second-order valence-corrected chi connectivity index (χ2v) is 6.48. The predicted molar refractivity (Wildman–Crippen MR) is 92.5 cm³/mol. The predicted octanol–water partition coefficient (Wildman–Crippen LogP) is 3.85. The molecule has 0 radical (unpaired) electrons. The van der Waals surface area contributed by atoms with E-state index in [4.69, 9.17) is 16.3 Å². The Morgan fingerprint density at radius 3 is 2.61 bits per heavy atom. The lowest BCUT2D eigenvalue weighted by Crippen LogP contribution is -2.40. The number of nitrogens with one attached hydrogen (secondary N) is 1. The number of allylic oxidation sites excluding steroid dienone is 1. The summed E-state index contributed by atoms with van der Waals surface area (Å²) in [5.41, 5.74) is 0.0272. The topological polar surface area (TPSA) is 55.4 Å². The minimum atomic E-state index is -0.478. The van der Waals surface area contributed by atoms with Gasteiger partial charge in [-0.2, -0.15) is 0 Å². The first kappa shape index (κ1) is 19.2. The normalized spacial score (nSPS) is 15.9. The minimum absolute atomic E-state index is 0.142. The molecule has 0 fully saturated rings. The molecule has 3 unspecified atom stereocenters. The summed E-state index contributed by atoms with van der Waals surface area (Å²) in [6.07, 6.45) is 2.32. The molecule has 0 aromatic heterocycles. The highest BCUT2D eigenvalue weighted by Gasteiger charge is 2.35. The maximum atomic E-state index is 12.3. The third-order valence-corrected chi connectivity index (χ3v) is 4.46. The number of hydrogen-bond acceptors (Lipinski definition) is 3. The fourth-order valence-electron chi connectivity index (χ4n) is 2.53. The van der Waals surface area contributed by atoms with Gasteiger partial charge in [0, 0.05) is 22.0 Å². The number of esters is 1. The van der Waals surface area contributed by atoms with Gasteiger partial charge in [-0.05, 0) is 31.5 Å². The molecule has 1 aromatic rings. The molecule has 1 rings (SSSR count). The van der Waals surface area contributed by atoms with Gasteiger partial charge in [0.25, 0.3) is 5.91 Å². The van der Waals surface area contributed by atoms with Crippen LogP contribution in [0.3, 0.4) is 0 Å². The number of benzene rings is 1. The summed E-state index contributed by atoms with van der Waals surface area (Å²) < 4.78 is 4.82. The Morgan fingerprint density at radius 2 is 2.09 bits per heavy atom. The molecule has 0 aliphatic rings. The monoisotopic (exact) mass is 337 g/mol. The van der Waals surface area contributed by atoms with Crippen LogP contribution in [0.25, 0.3) is 0 Å². The van der Waals surface area contributed by atoms with E-state index < -0.39 is 5.41 Å². The molecule has 126 valence electrons. The fourth-order valence-corrected chi connectivity index (χ4v) is 2.72. The number of ether oxygens (including phenoxy) is 1. The Labute approximate surface area is 142 Å². The lowest BCUT2D eigenvalue weighted by Gasteiger charge is -2.33. The van der Waals surface area contributed by atoms with Gasteiger partial charge in [-0.25, -0.2) is 0 Å². The summed E-state index contributed by atoms with van der Waals surface area (Å²) in [4.78, 5) is 24.1. The van der Waals surface area contributed by atoms with E-state index in [1.807, 2.05) is 13.8 Å². The minimum Gasteiger partial charge on any atom is -0.469 e. The SMILES string of the molecule is C=CC(C)(CC(C)NC(=O)c1cccc(Cl)c1)C(C)C(=O)OC. The summed E-state index contributed by atoms with van der Waals surface area (Å²) >= 11 is 5.90. The second-order valence-electron chi connectivity index (χ2n) is 6.04. The number of hydrogen-bond donors (Lipinski definition) is 1. The molecule has 1 N–H and O–H groups in total. The largest absolute Gasteiger partial charge is 0.469 e. The Morgan fingerprint density at radius 1 is 1.43 bits per heavy atom. The quantitative estimate of drug-likeness (QED) is 0.607. The van der Waals surface area contributed by atoms with Gasteiger partial charge in [0.2, 0.25) is 0 Å². The average Bonchev–Trinajstić information content (AvgIpc) is 2.52. The van der Waals surface area contributed by atoms with Crippen LogP contribution in [0.4, 0.5) is 0 Å². The third kappa shape index (κ3) is 5.10. The number of rotatable bonds is 7. The first-order chi connectivity index (χ1) is 10.7. The van der Waals surface area contributed by atoms with E-state index in [-0.39, 0.29) is 23.8 Å². The van der Waals surface area contributed by atoms with E-state index in [0.717, 1.165) is 0 Å². The van der Waals surface area contributed by atoms with Gasteiger partial charge in [0.15, 0.2) is 0 Å². The molecule has 1 amide bonds. The maximum absolute atomic E-state index is 12.3. The van der Waals surface area contributed by atoms with Gasteiger partial charge in [-0.3, -0.25) is 9.59 Å². The van der Waals surface area contributed by atoms with E-state index >= 15 is 0 Å². The molecular formula is C18H24ClNO3. The summed E-state index contributed by atoms with van der Waals surface area (Å²) in [7, 11) is 1.37. The van der Waals surface area contributed by atoms with Crippen molar-refractivity contribution in [3.8, 4) is 0 Å². The zero-order valence-electron chi connectivity index (χ0n) is 14.1. The van der Waals surface area contributed by atoms with Crippen LogP contribution in [0, 0.1) is 11.3 Å². The molecule has 0 saturated carbocycles. The second kappa shape index (κ2) is 8.16. The molecule has 0 bridgehead atoms. The van der Waals surface area contributed by atoms with Crippen molar-refractivity contribution in [1.82, 2.24) is 5.32 Å². The Bertz CT molecular complexity index is 587. The molecule has 0 heterocycles. The average molecular weight is 338 g/mol. The van der Waals surface area contributed by atoms with Crippen LogP contribution in [0.5, 0.6) is 0 Å². The van der Waals surface area contributed by atoms with Crippen molar-refractivity contribution < 1.29 is 14.3 Å². The van der Waals surface area contributed by atoms with Crippen molar-refractivity contribution in [2.24, 2.45) is 11.3 Å². The van der Waals surface area contributed by atoms with Gasteiger partial charge in [0.1, 0.15) is 0 Å². The number of carbonyl (C=O) groups excluding carboxylic acids is 2. The highest BCUT2D eigenvalue weighted by Crippen LogP contribution is 2.34. The van der Waals surface area contributed by atoms with Crippen LogP contribution in [0.15, 0.2) is 36.9 Å². The van der Waals surface area contributed by atoms with Gasteiger partial charge < -0.3 is 10.1 Å². The highest BCUT2D eigenvalue weighted by molar-refractivity contribution is 6.30. The summed E-state index contributed by atoms with van der Waals surface area (Å²) in [6, 6.07) is 6.63. The lowest BCUT2D eigenvalue weighted by atomic mass is 9.73. The highest BCUT2D eigenvalue weighted by atomic mass is 35.5. The van der Waals surface area contributed by atoms with Gasteiger partial charge in [0.05, 0.1) is 13.0 Å². The maximum Gasteiger partial charge on any atom is 0.309 e. The Hall–Kier alpha value is -1.81. The van der Waals surface area contributed by atoms with Gasteiger partial charge in [-0.15, -0.1) is 6.58 Å². The first-order valence-electron chi connectivity index (χ1n) is 7.51. The van der Waals surface area contributed by atoms with Crippen molar-refractivity contribution in [3.05, 3.63) is 47.5 Å². The Kier molecular flexibility index (Phi) is 6.82. The summed E-state index contributed by atoms with van der Waals surface area (Å²) in [5, 5.41) is 3.44. The molecule has 1 aromatic carbocycles. The van der Waals surface area contributed by atoms with Crippen LogP contribution >= 0.6 is 11.6 Å². The van der Waals surface area contributed by atoms with Crippen LogP contribution in [0.2, 0.25) is 5.02 Å². The number of amides is 1. The van der Waals surface area contributed by atoms with Crippen molar-refractivity contribution in [1.29, 1.82) is 0 Å². The van der Waals surface area contributed by atoms with Crippen LogP contribution in [-0.4, -0.2) is 25.0 Å². The van der Waals surface area contributed by atoms with E-state index in [1.165, 1.54) is 7.11 Å². The summed E-state index contributed by atoms with van der Waals surface area (Å²) in [6.45, 7) is 9.47. The number of halogens is 1. The van der Waals surface area contributed by atoms with Crippen molar-refractivity contribution in [2.75, 3.05) is 7.11 Å². The fraction of sp³-hybridized carbons (Fsp3) is 0.444. The Balaban J connectivity index is 2.77. The molecular weight excluding hydrogens is 314 g/mol. The van der Waals surface area contributed by atoms with Crippen LogP contribution in [-0.2, 0) is 9.53 Å². The lowest BCUT2D eigenvalue weighted by molar-refractivity contribution is -0.148. The molecule has 4 nitrogen and oxygen atoms in total. The number of carbonyl (C=O) groups is 2. The third-order valence-electron chi connectivity index (χ3n) is 4.22. The van der Waals surface area contributed by atoms with Gasteiger partial charge >= 0.3 is 5.97 Å². The van der Waals surface area contributed by atoms with Crippen LogP contribution in [0.1, 0.15) is 37.6 Å². The molecule has 0 spiro atoms. The number of methoxy groups -OCH3 is 1. The van der Waals surface area contributed by atoms with Gasteiger partial charge in [-0.1, -0.05) is 37.6 Å². The summed E-state index contributed by atoms with van der Waals surface area (Å²) in [5.74, 6) is -0.839. The van der Waals surface area contributed by atoms with E-state index in [9.17, 15) is 9.59 Å². The van der Waals surface area contributed by atoms with E-state index in [2.05, 4.69) is 11.9 Å². The van der Waals surface area contributed by atoms with E-state index in [1.54, 1.807) is 37.3 Å². The molecule has 0 aliphatic carbocycles. The van der Waals surface area contributed by atoms with Crippen LogP contribution < -0.4 is 5.32 Å². The first-order valence-corrected chi connectivity index (χ1v) is 7.89. The molecule has 0 saturated heterocycles. The van der Waals surface area contributed by atoms with Crippen molar-refractivity contribution >= 4 is 23.5 Å². The standard InChI is InChI=1S/C18H24ClNO3/c1-6-18(4,13(3)17(22)23-5)11-12(2)20-16(21)14-8-7-9-15(19)10-14/h6-10,12-13H,1,11H2,2-5H3,(H,20,21).